The topological polar surface area (TPSA) is 128 Å². The zero-order chi connectivity index (χ0) is 18.8. The van der Waals surface area contributed by atoms with Crippen molar-refractivity contribution in [3.8, 4) is 0 Å². The Morgan fingerprint density at radius 3 is 2.69 bits per heavy atom. The standard InChI is InChI=1S/C15H19N3O8/c1-7(19)22-6-11(24-8(2)20)12-13(25-9(3)21)14-15(26-12)18-10(5-23-14)4-16-17-18/h4,11-15H,5-6H2,1-3H3/t11-,12-,13+,14+,15+/m1/s1. The van der Waals surface area contributed by atoms with Crippen molar-refractivity contribution in [3.63, 3.8) is 0 Å². The molecule has 0 aliphatic carbocycles. The first-order valence-corrected chi connectivity index (χ1v) is 8.00. The first kappa shape index (κ1) is 18.3. The SMILES string of the molecule is CC(=O)OC[C@@H](OC(C)=O)[C@H]1O[C@H]2[C@@H](OCc3cnnn32)[C@H]1OC(C)=O. The van der Waals surface area contributed by atoms with Crippen LogP contribution in [0, 0.1) is 0 Å². The second-order valence-electron chi connectivity index (χ2n) is 5.96. The van der Waals surface area contributed by atoms with Crippen molar-refractivity contribution in [1.82, 2.24) is 15.0 Å². The van der Waals surface area contributed by atoms with Crippen LogP contribution in [-0.2, 0) is 44.7 Å². The minimum atomic E-state index is -0.984. The van der Waals surface area contributed by atoms with Crippen LogP contribution in [0.25, 0.3) is 0 Å². The van der Waals surface area contributed by atoms with Gasteiger partial charge in [-0.2, -0.15) is 0 Å². The smallest absolute Gasteiger partial charge is 0.303 e. The molecule has 5 atom stereocenters. The minimum absolute atomic E-state index is 0.212. The van der Waals surface area contributed by atoms with Crippen LogP contribution in [0.3, 0.4) is 0 Å². The Labute approximate surface area is 148 Å². The summed E-state index contributed by atoms with van der Waals surface area (Å²) in [7, 11) is 0. The summed E-state index contributed by atoms with van der Waals surface area (Å²) in [4.78, 5) is 34.2. The molecule has 3 heterocycles. The Hall–Kier alpha value is -2.53. The molecule has 1 aromatic heterocycles. The van der Waals surface area contributed by atoms with Crippen molar-refractivity contribution in [2.45, 2.75) is 58.0 Å². The van der Waals surface area contributed by atoms with Crippen molar-refractivity contribution >= 4 is 17.9 Å². The summed E-state index contributed by atoms with van der Waals surface area (Å²) in [6.45, 7) is 3.66. The molecule has 11 heteroatoms. The average molecular weight is 369 g/mol. The number of carbonyl (C=O) groups is 3. The predicted molar refractivity (Wildman–Crippen MR) is 80.3 cm³/mol. The Bertz CT molecular complexity index is 705. The van der Waals surface area contributed by atoms with E-state index < -0.39 is 48.6 Å². The van der Waals surface area contributed by atoms with Gasteiger partial charge in [-0.1, -0.05) is 5.21 Å². The van der Waals surface area contributed by atoms with Crippen molar-refractivity contribution in [3.05, 3.63) is 11.9 Å². The van der Waals surface area contributed by atoms with Gasteiger partial charge in [0, 0.05) is 20.8 Å². The summed E-state index contributed by atoms with van der Waals surface area (Å²) in [5.41, 5.74) is 0.692. The van der Waals surface area contributed by atoms with E-state index in [-0.39, 0.29) is 13.2 Å². The Morgan fingerprint density at radius 1 is 1.27 bits per heavy atom. The van der Waals surface area contributed by atoms with Crippen LogP contribution in [0.2, 0.25) is 0 Å². The Kier molecular flexibility index (Phi) is 5.18. The van der Waals surface area contributed by atoms with Crippen molar-refractivity contribution in [1.29, 1.82) is 0 Å². The van der Waals surface area contributed by atoms with Gasteiger partial charge in [0.15, 0.2) is 18.4 Å². The van der Waals surface area contributed by atoms with Gasteiger partial charge in [0.2, 0.25) is 0 Å². The molecule has 0 unspecified atom stereocenters. The molecule has 2 aliphatic heterocycles. The maximum absolute atomic E-state index is 11.6. The lowest BCUT2D eigenvalue weighted by Crippen LogP contribution is -2.46. The molecule has 26 heavy (non-hydrogen) atoms. The van der Waals surface area contributed by atoms with Gasteiger partial charge < -0.3 is 23.7 Å². The van der Waals surface area contributed by atoms with Crippen LogP contribution in [0.1, 0.15) is 32.7 Å². The largest absolute Gasteiger partial charge is 0.462 e. The number of fused-ring (bicyclic) bond motifs is 3. The number of esters is 3. The quantitative estimate of drug-likeness (QED) is 0.495. The molecule has 0 saturated carbocycles. The second-order valence-corrected chi connectivity index (χ2v) is 5.96. The van der Waals surface area contributed by atoms with E-state index in [1.165, 1.54) is 31.6 Å². The van der Waals surface area contributed by atoms with E-state index >= 15 is 0 Å². The number of rotatable bonds is 5. The first-order chi connectivity index (χ1) is 12.4. The molecule has 1 aromatic rings. The van der Waals surface area contributed by atoms with E-state index in [1.54, 1.807) is 0 Å². The molecule has 2 aliphatic rings. The molecule has 3 rings (SSSR count). The van der Waals surface area contributed by atoms with Gasteiger partial charge in [0.25, 0.3) is 0 Å². The molecular weight excluding hydrogens is 350 g/mol. The Balaban J connectivity index is 1.88. The summed E-state index contributed by atoms with van der Waals surface area (Å²) in [5, 5.41) is 7.79. The van der Waals surface area contributed by atoms with Gasteiger partial charge in [-0.3, -0.25) is 14.4 Å². The zero-order valence-electron chi connectivity index (χ0n) is 14.5. The molecule has 0 spiro atoms. The third kappa shape index (κ3) is 3.68. The van der Waals surface area contributed by atoms with E-state index in [1.807, 2.05) is 0 Å². The van der Waals surface area contributed by atoms with E-state index in [0.717, 1.165) is 0 Å². The molecule has 0 N–H and O–H groups in total. The number of carbonyl (C=O) groups excluding carboxylic acids is 3. The van der Waals surface area contributed by atoms with E-state index in [9.17, 15) is 14.4 Å². The van der Waals surface area contributed by atoms with Gasteiger partial charge in [-0.25, -0.2) is 4.68 Å². The fraction of sp³-hybridized carbons (Fsp3) is 0.667. The number of ether oxygens (including phenoxy) is 5. The lowest BCUT2D eigenvalue weighted by molar-refractivity contribution is -0.176. The molecule has 0 bridgehead atoms. The summed E-state index contributed by atoms with van der Waals surface area (Å²) >= 11 is 0. The summed E-state index contributed by atoms with van der Waals surface area (Å²) in [5.74, 6) is -1.69. The fourth-order valence-corrected chi connectivity index (χ4v) is 3.04. The fourth-order valence-electron chi connectivity index (χ4n) is 3.04. The molecule has 0 aromatic carbocycles. The number of hydrogen-bond acceptors (Lipinski definition) is 10. The highest BCUT2D eigenvalue weighted by molar-refractivity contribution is 5.67. The van der Waals surface area contributed by atoms with Crippen LogP contribution in [0.4, 0.5) is 0 Å². The molecule has 11 nitrogen and oxygen atoms in total. The lowest BCUT2D eigenvalue weighted by atomic mass is 10.0. The van der Waals surface area contributed by atoms with Crippen LogP contribution in [0.5, 0.6) is 0 Å². The minimum Gasteiger partial charge on any atom is -0.462 e. The van der Waals surface area contributed by atoms with Crippen molar-refractivity contribution in [2.24, 2.45) is 0 Å². The van der Waals surface area contributed by atoms with Gasteiger partial charge in [-0.15, -0.1) is 5.10 Å². The average Bonchev–Trinajstić information content (AvgIpc) is 3.15. The Morgan fingerprint density at radius 2 is 2.04 bits per heavy atom. The first-order valence-electron chi connectivity index (χ1n) is 8.00. The molecular formula is C15H19N3O8. The van der Waals surface area contributed by atoms with E-state index in [4.69, 9.17) is 23.7 Å². The van der Waals surface area contributed by atoms with Gasteiger partial charge in [0.05, 0.1) is 18.5 Å². The zero-order valence-corrected chi connectivity index (χ0v) is 14.5. The number of nitrogens with zero attached hydrogens (tertiary/aromatic N) is 3. The molecule has 0 radical (unpaired) electrons. The monoisotopic (exact) mass is 369 g/mol. The summed E-state index contributed by atoms with van der Waals surface area (Å²) in [6, 6.07) is 0. The van der Waals surface area contributed by atoms with Crippen molar-refractivity contribution < 1.29 is 38.1 Å². The molecule has 142 valence electrons. The van der Waals surface area contributed by atoms with E-state index in [0.29, 0.717) is 5.69 Å². The van der Waals surface area contributed by atoms with Gasteiger partial charge in [-0.05, 0) is 0 Å². The third-order valence-electron chi connectivity index (χ3n) is 3.98. The lowest BCUT2D eigenvalue weighted by Gasteiger charge is -2.29. The highest BCUT2D eigenvalue weighted by Gasteiger charge is 2.55. The molecule has 1 fully saturated rings. The summed E-state index contributed by atoms with van der Waals surface area (Å²) in [6.07, 6.45) is -2.63. The van der Waals surface area contributed by atoms with Crippen LogP contribution < -0.4 is 0 Å². The predicted octanol–water partition coefficient (Wildman–Crippen LogP) is -0.499. The van der Waals surface area contributed by atoms with Crippen LogP contribution >= 0.6 is 0 Å². The highest BCUT2D eigenvalue weighted by atomic mass is 16.7. The van der Waals surface area contributed by atoms with Crippen LogP contribution in [0.15, 0.2) is 6.20 Å². The molecule has 1 saturated heterocycles. The summed E-state index contributed by atoms with van der Waals surface area (Å²) < 4.78 is 28.8. The van der Waals surface area contributed by atoms with Gasteiger partial charge >= 0.3 is 17.9 Å². The second kappa shape index (κ2) is 7.38. The third-order valence-corrected chi connectivity index (χ3v) is 3.98. The number of aromatic nitrogens is 3. The maximum atomic E-state index is 11.6. The highest BCUT2D eigenvalue weighted by Crippen LogP contribution is 2.39. The van der Waals surface area contributed by atoms with Crippen molar-refractivity contribution in [2.75, 3.05) is 6.61 Å². The normalized spacial score (nSPS) is 27.8. The van der Waals surface area contributed by atoms with Gasteiger partial charge in [0.1, 0.15) is 18.8 Å². The maximum Gasteiger partial charge on any atom is 0.303 e. The van der Waals surface area contributed by atoms with Crippen LogP contribution in [-0.4, -0.2) is 63.9 Å². The number of hydrogen-bond donors (Lipinski definition) is 0. The van der Waals surface area contributed by atoms with E-state index in [2.05, 4.69) is 10.3 Å². The molecule has 0 amide bonds.